The normalized spacial score (nSPS) is 12.9. The topological polar surface area (TPSA) is 102 Å². The molecular weight excluding hydrogens is 592 g/mol. The Morgan fingerprint density at radius 2 is 1.68 bits per heavy atom. The van der Waals surface area contributed by atoms with Crippen molar-refractivity contribution in [3.05, 3.63) is 69.0 Å². The van der Waals surface area contributed by atoms with E-state index in [0.717, 1.165) is 44.9 Å². The number of rotatable bonds is 10. The zero-order valence-electron chi connectivity index (χ0n) is 21.2. The maximum absolute atomic E-state index is 13.7. The third-order valence-corrected chi connectivity index (χ3v) is 9.55. The molecule has 11 heteroatoms. The van der Waals surface area contributed by atoms with Crippen molar-refractivity contribution < 1.29 is 27.5 Å². The molecule has 0 saturated heterocycles. The number of carbonyl (C=O) groups is 2. The van der Waals surface area contributed by atoms with Gasteiger partial charge in [0, 0.05) is 9.35 Å². The molecule has 0 spiro atoms. The van der Waals surface area contributed by atoms with Crippen LogP contribution in [0.1, 0.15) is 47.5 Å². The molecule has 1 heterocycles. The van der Waals surface area contributed by atoms with Crippen molar-refractivity contribution in [2.24, 2.45) is 0 Å². The van der Waals surface area contributed by atoms with Crippen LogP contribution in [0.4, 0.5) is 10.7 Å². The number of fused-ring (bicyclic) bond motifs is 1. The summed E-state index contributed by atoms with van der Waals surface area (Å²) in [4.78, 5) is 27.2. The highest BCUT2D eigenvalue weighted by Crippen LogP contribution is 2.39. The van der Waals surface area contributed by atoms with E-state index in [1.165, 1.54) is 23.5 Å². The molecule has 202 valence electrons. The number of benzene rings is 2. The number of halogens is 1. The molecule has 2 aromatic carbocycles. The summed E-state index contributed by atoms with van der Waals surface area (Å²) in [7, 11) is -4.10. The molecule has 1 aromatic heterocycles. The quantitative estimate of drug-likeness (QED) is 0.287. The molecule has 0 atom stereocenters. The summed E-state index contributed by atoms with van der Waals surface area (Å²) >= 11 is 4.68. The second kappa shape index (κ2) is 12.3. The van der Waals surface area contributed by atoms with Crippen molar-refractivity contribution in [3.63, 3.8) is 0 Å². The largest absolute Gasteiger partial charge is 0.494 e. The van der Waals surface area contributed by atoms with Gasteiger partial charge in [-0.2, -0.15) is 0 Å². The van der Waals surface area contributed by atoms with Crippen LogP contribution in [-0.2, 0) is 32.4 Å². The van der Waals surface area contributed by atoms with E-state index in [1.54, 1.807) is 43.3 Å². The minimum Gasteiger partial charge on any atom is -0.494 e. The van der Waals surface area contributed by atoms with E-state index in [4.69, 9.17) is 9.47 Å². The van der Waals surface area contributed by atoms with Gasteiger partial charge in [-0.3, -0.25) is 9.10 Å². The summed E-state index contributed by atoms with van der Waals surface area (Å²) < 4.78 is 39.9. The van der Waals surface area contributed by atoms with Gasteiger partial charge in [-0.15, -0.1) is 11.3 Å². The van der Waals surface area contributed by atoms with E-state index in [0.29, 0.717) is 28.6 Å². The number of nitrogens with zero attached hydrogens (tertiary/aromatic N) is 1. The fraction of sp³-hybridized carbons (Fsp3) is 0.333. The zero-order chi connectivity index (χ0) is 27.3. The molecule has 1 aliphatic carbocycles. The summed E-state index contributed by atoms with van der Waals surface area (Å²) in [5, 5.41) is 3.21. The molecule has 0 unspecified atom stereocenters. The van der Waals surface area contributed by atoms with Crippen LogP contribution in [-0.4, -0.2) is 40.1 Å². The van der Waals surface area contributed by atoms with Crippen LogP contribution in [0.2, 0.25) is 0 Å². The maximum Gasteiger partial charge on any atom is 0.341 e. The lowest BCUT2D eigenvalue weighted by molar-refractivity contribution is -0.114. The Morgan fingerprint density at radius 1 is 1.00 bits per heavy atom. The fourth-order valence-electron chi connectivity index (χ4n) is 4.29. The van der Waals surface area contributed by atoms with E-state index in [1.807, 2.05) is 6.92 Å². The predicted octanol–water partition coefficient (Wildman–Crippen LogP) is 5.80. The molecule has 0 aliphatic heterocycles. The summed E-state index contributed by atoms with van der Waals surface area (Å²) in [6.07, 6.45) is 3.55. The Balaban J connectivity index is 1.67. The molecule has 3 aromatic rings. The second-order valence-corrected chi connectivity index (χ2v) is 12.5. The summed E-state index contributed by atoms with van der Waals surface area (Å²) in [5.74, 6) is -0.457. The highest BCUT2D eigenvalue weighted by molar-refractivity contribution is 9.10. The van der Waals surface area contributed by atoms with E-state index in [2.05, 4.69) is 21.2 Å². The van der Waals surface area contributed by atoms with Crippen LogP contribution in [0.3, 0.4) is 0 Å². The average molecular weight is 622 g/mol. The first-order chi connectivity index (χ1) is 18.2. The lowest BCUT2D eigenvalue weighted by Crippen LogP contribution is -2.38. The Morgan fingerprint density at radius 3 is 2.34 bits per heavy atom. The second-order valence-electron chi connectivity index (χ2n) is 8.58. The Labute approximate surface area is 235 Å². The van der Waals surface area contributed by atoms with Gasteiger partial charge in [-0.05, 0) is 93.6 Å². The van der Waals surface area contributed by atoms with Crippen LogP contribution < -0.4 is 14.4 Å². The van der Waals surface area contributed by atoms with E-state index >= 15 is 0 Å². The van der Waals surface area contributed by atoms with Gasteiger partial charge in [0.25, 0.3) is 10.0 Å². The number of anilines is 2. The highest BCUT2D eigenvalue weighted by atomic mass is 79.9. The number of hydrogen-bond donors (Lipinski definition) is 1. The SMILES string of the molecule is CCOC(=O)c1c(NC(=O)CN(c2ccc(OCC)cc2)S(=O)(=O)c2ccc(Br)cc2)sc2c1CCCC2. The predicted molar refractivity (Wildman–Crippen MR) is 152 cm³/mol. The number of ether oxygens (including phenoxy) is 2. The Hall–Kier alpha value is -2.89. The molecule has 0 radical (unpaired) electrons. The van der Waals surface area contributed by atoms with Crippen LogP contribution in [0.5, 0.6) is 5.75 Å². The standard InChI is InChI=1S/C27H29BrN2O6S2/c1-3-35-20-13-11-19(12-14-20)30(38(33,34)21-15-9-18(28)10-16-21)17-24(31)29-26-25(27(32)36-4-2)22-7-5-6-8-23(22)37-26/h9-16H,3-8,17H2,1-2H3,(H,29,31). The van der Waals surface area contributed by atoms with Crippen molar-refractivity contribution in [2.75, 3.05) is 29.4 Å². The first-order valence-electron chi connectivity index (χ1n) is 12.4. The molecule has 0 bridgehead atoms. The number of aryl methyl sites for hydroxylation is 1. The molecule has 8 nitrogen and oxygen atoms in total. The fourth-order valence-corrected chi connectivity index (χ4v) is 7.27. The van der Waals surface area contributed by atoms with Crippen molar-refractivity contribution >= 4 is 59.9 Å². The third kappa shape index (κ3) is 6.22. The van der Waals surface area contributed by atoms with Gasteiger partial charge < -0.3 is 14.8 Å². The van der Waals surface area contributed by atoms with Crippen LogP contribution in [0, 0.1) is 0 Å². The molecule has 1 N–H and O–H groups in total. The van der Waals surface area contributed by atoms with E-state index < -0.39 is 28.4 Å². The number of esters is 1. The molecule has 1 aliphatic rings. The molecule has 0 saturated carbocycles. The van der Waals surface area contributed by atoms with Crippen molar-refractivity contribution in [1.29, 1.82) is 0 Å². The van der Waals surface area contributed by atoms with Crippen molar-refractivity contribution in [3.8, 4) is 5.75 Å². The summed E-state index contributed by atoms with van der Waals surface area (Å²) in [6, 6.07) is 12.7. The van der Waals surface area contributed by atoms with E-state index in [9.17, 15) is 18.0 Å². The van der Waals surface area contributed by atoms with Gasteiger partial charge in [-0.25, -0.2) is 13.2 Å². The Bertz CT molecular complexity index is 1400. The lowest BCUT2D eigenvalue weighted by Gasteiger charge is -2.24. The van der Waals surface area contributed by atoms with Crippen LogP contribution >= 0.6 is 27.3 Å². The van der Waals surface area contributed by atoms with Crippen molar-refractivity contribution in [1.82, 2.24) is 0 Å². The van der Waals surface area contributed by atoms with Crippen LogP contribution in [0.15, 0.2) is 57.9 Å². The number of thiophene rings is 1. The lowest BCUT2D eigenvalue weighted by atomic mass is 9.95. The number of sulfonamides is 1. The van der Waals surface area contributed by atoms with Crippen molar-refractivity contribution in [2.45, 2.75) is 44.4 Å². The molecular formula is C27H29BrN2O6S2. The molecule has 38 heavy (non-hydrogen) atoms. The van der Waals surface area contributed by atoms with Gasteiger partial charge in [0.05, 0.1) is 29.4 Å². The molecule has 1 amide bonds. The number of carbonyl (C=O) groups excluding carboxylic acids is 2. The highest BCUT2D eigenvalue weighted by Gasteiger charge is 2.30. The monoisotopic (exact) mass is 620 g/mol. The van der Waals surface area contributed by atoms with Gasteiger partial charge in [-0.1, -0.05) is 15.9 Å². The minimum atomic E-state index is -4.10. The minimum absolute atomic E-state index is 0.0428. The van der Waals surface area contributed by atoms with Gasteiger partial charge in [0.2, 0.25) is 5.91 Å². The number of nitrogens with one attached hydrogen (secondary N) is 1. The Kier molecular flexibility index (Phi) is 9.11. The van der Waals surface area contributed by atoms with Gasteiger partial charge >= 0.3 is 5.97 Å². The molecule has 0 fully saturated rings. The first-order valence-corrected chi connectivity index (χ1v) is 15.4. The summed E-state index contributed by atoms with van der Waals surface area (Å²) in [6.45, 7) is 3.79. The van der Waals surface area contributed by atoms with Crippen LogP contribution in [0.25, 0.3) is 0 Å². The number of amides is 1. The maximum atomic E-state index is 13.7. The average Bonchev–Trinajstić information content (AvgIpc) is 3.26. The smallest absolute Gasteiger partial charge is 0.341 e. The molecule has 4 rings (SSSR count). The number of hydrogen-bond acceptors (Lipinski definition) is 7. The first kappa shape index (κ1) is 28.1. The third-order valence-electron chi connectivity index (χ3n) is 6.03. The zero-order valence-corrected chi connectivity index (χ0v) is 24.4. The van der Waals surface area contributed by atoms with Gasteiger partial charge in [0.1, 0.15) is 17.3 Å². The summed E-state index contributed by atoms with van der Waals surface area (Å²) in [5.41, 5.74) is 1.60. The van der Waals surface area contributed by atoms with Gasteiger partial charge in [0.15, 0.2) is 0 Å². The van der Waals surface area contributed by atoms with E-state index in [-0.39, 0.29) is 11.5 Å².